The van der Waals surface area contributed by atoms with Crippen LogP contribution in [0.2, 0.25) is 0 Å². The Kier molecular flexibility index (Phi) is 4.65. The first-order valence-corrected chi connectivity index (χ1v) is 9.30. The van der Waals surface area contributed by atoms with Crippen LogP contribution >= 0.6 is 0 Å². The molecule has 2 N–H and O–H groups in total. The summed E-state index contributed by atoms with van der Waals surface area (Å²) in [5, 5.41) is 13.7. The van der Waals surface area contributed by atoms with Crippen LogP contribution in [0.5, 0.6) is 5.75 Å². The van der Waals surface area contributed by atoms with Crippen LogP contribution in [0.25, 0.3) is 22.4 Å². The molecule has 0 unspecified atom stereocenters. The molecule has 0 saturated heterocycles. The molecule has 0 fully saturated rings. The number of hydrogen-bond donors (Lipinski definition) is 1. The van der Waals surface area contributed by atoms with Crippen LogP contribution in [0, 0.1) is 25.2 Å². The second kappa shape index (κ2) is 7.09. The summed E-state index contributed by atoms with van der Waals surface area (Å²) in [5.74, 6) is 0.434. The van der Waals surface area contributed by atoms with Gasteiger partial charge in [0, 0.05) is 5.56 Å². The molecular formula is C22H18F3N5O. The lowest BCUT2D eigenvalue weighted by molar-refractivity contribution is -0.141. The predicted octanol–water partition coefficient (Wildman–Crippen LogP) is 4.91. The maximum atomic E-state index is 14.2. The number of alkyl halides is 3. The fourth-order valence-corrected chi connectivity index (χ4v) is 3.89. The van der Waals surface area contributed by atoms with E-state index in [1.165, 1.54) is 23.8 Å². The van der Waals surface area contributed by atoms with E-state index < -0.39 is 11.9 Å². The molecule has 0 aliphatic heterocycles. The Hall–Kier alpha value is -3.93. The van der Waals surface area contributed by atoms with Gasteiger partial charge in [-0.15, -0.1) is 5.10 Å². The number of hydrogen-bond acceptors (Lipinski definition) is 4. The fraction of sp³-hybridized carbons (Fsp3) is 0.182. The minimum absolute atomic E-state index is 0.0512. The highest BCUT2D eigenvalue weighted by atomic mass is 19.4. The summed E-state index contributed by atoms with van der Waals surface area (Å²) < 4.78 is 50.2. The first-order chi connectivity index (χ1) is 14.7. The number of para-hydroxylation sites is 1. The van der Waals surface area contributed by atoms with Gasteiger partial charge in [-0.25, -0.2) is 4.68 Å². The topological polar surface area (TPSA) is 81.8 Å². The number of halogens is 3. The summed E-state index contributed by atoms with van der Waals surface area (Å²) in [6.07, 6.45) is -4.77. The van der Waals surface area contributed by atoms with Crippen LogP contribution in [-0.4, -0.2) is 21.5 Å². The Morgan fingerprint density at radius 3 is 2.35 bits per heavy atom. The van der Waals surface area contributed by atoms with Crippen LogP contribution in [0.15, 0.2) is 42.5 Å². The Labute approximate surface area is 175 Å². The summed E-state index contributed by atoms with van der Waals surface area (Å²) >= 11 is 0. The van der Waals surface area contributed by atoms with Gasteiger partial charge in [-0.2, -0.15) is 18.4 Å². The molecule has 0 atom stereocenters. The minimum atomic E-state index is -4.77. The highest BCUT2D eigenvalue weighted by molar-refractivity contribution is 5.95. The molecule has 0 radical (unpaired) electrons. The molecule has 0 spiro atoms. The Morgan fingerprint density at radius 2 is 1.77 bits per heavy atom. The van der Waals surface area contributed by atoms with E-state index in [0.29, 0.717) is 17.0 Å². The van der Waals surface area contributed by atoms with Crippen LogP contribution < -0.4 is 10.5 Å². The second-order valence-corrected chi connectivity index (χ2v) is 7.06. The number of fused-ring (bicyclic) bond motifs is 1. The molecule has 2 heterocycles. The van der Waals surface area contributed by atoms with Crippen LogP contribution in [0.1, 0.15) is 22.4 Å². The average molecular weight is 425 g/mol. The van der Waals surface area contributed by atoms with E-state index in [2.05, 4.69) is 5.10 Å². The molecule has 0 bridgehead atoms. The number of nitrogens with two attached hydrogens (primary N) is 1. The van der Waals surface area contributed by atoms with E-state index in [4.69, 9.17) is 10.5 Å². The van der Waals surface area contributed by atoms with Crippen molar-refractivity contribution >= 4 is 16.9 Å². The second-order valence-electron chi connectivity index (χ2n) is 7.06. The molecule has 4 rings (SSSR count). The standard InChI is InChI=1S/C22H18F3N5O/c1-12-9-10-16(31-3)13(2)18(12)29-20(27)15(11-26)17-19(22(23,24)25)30(28-21(17)29)14-7-5-4-6-8-14/h4-10H,27H2,1-3H3. The van der Waals surface area contributed by atoms with Crippen molar-refractivity contribution in [3.8, 4) is 23.2 Å². The summed E-state index contributed by atoms with van der Waals surface area (Å²) in [4.78, 5) is 0. The summed E-state index contributed by atoms with van der Waals surface area (Å²) in [7, 11) is 1.50. The maximum absolute atomic E-state index is 14.2. The van der Waals surface area contributed by atoms with Crippen LogP contribution in [-0.2, 0) is 6.18 Å². The van der Waals surface area contributed by atoms with E-state index in [1.807, 2.05) is 6.07 Å². The number of methoxy groups -OCH3 is 1. The quantitative estimate of drug-likeness (QED) is 0.505. The van der Waals surface area contributed by atoms with Crippen molar-refractivity contribution in [3.63, 3.8) is 0 Å². The van der Waals surface area contributed by atoms with E-state index in [0.717, 1.165) is 10.2 Å². The lowest BCUT2D eigenvalue weighted by Crippen LogP contribution is -2.14. The zero-order chi connectivity index (χ0) is 22.5. The lowest BCUT2D eigenvalue weighted by Gasteiger charge is -2.16. The Bertz CT molecular complexity index is 1340. The van der Waals surface area contributed by atoms with Gasteiger partial charge in [-0.3, -0.25) is 4.57 Å². The van der Waals surface area contributed by atoms with Gasteiger partial charge in [0.15, 0.2) is 11.3 Å². The Morgan fingerprint density at radius 1 is 1.10 bits per heavy atom. The van der Waals surface area contributed by atoms with Gasteiger partial charge in [0.1, 0.15) is 23.2 Å². The van der Waals surface area contributed by atoms with Gasteiger partial charge in [0.2, 0.25) is 0 Å². The first kappa shape index (κ1) is 20.3. The van der Waals surface area contributed by atoms with Gasteiger partial charge in [0.25, 0.3) is 0 Å². The number of ether oxygens (including phenoxy) is 1. The molecule has 158 valence electrons. The smallest absolute Gasteiger partial charge is 0.434 e. The van der Waals surface area contributed by atoms with E-state index in [-0.39, 0.29) is 28.1 Å². The Balaban J connectivity index is 2.20. The van der Waals surface area contributed by atoms with E-state index in [9.17, 15) is 18.4 Å². The summed E-state index contributed by atoms with van der Waals surface area (Å²) in [5.41, 5.74) is 7.00. The van der Waals surface area contributed by atoms with Crippen molar-refractivity contribution in [2.24, 2.45) is 0 Å². The zero-order valence-corrected chi connectivity index (χ0v) is 16.9. The van der Waals surface area contributed by atoms with Crippen molar-refractivity contribution in [2.45, 2.75) is 20.0 Å². The van der Waals surface area contributed by atoms with Crippen molar-refractivity contribution in [1.82, 2.24) is 14.3 Å². The highest BCUT2D eigenvalue weighted by Crippen LogP contribution is 2.43. The monoisotopic (exact) mass is 425 g/mol. The molecule has 0 saturated carbocycles. The summed E-state index contributed by atoms with van der Waals surface area (Å²) in [6, 6.07) is 13.3. The number of anilines is 1. The van der Waals surface area contributed by atoms with E-state index >= 15 is 0 Å². The maximum Gasteiger partial charge on any atom is 0.434 e. The van der Waals surface area contributed by atoms with Crippen molar-refractivity contribution in [3.05, 3.63) is 64.8 Å². The van der Waals surface area contributed by atoms with Gasteiger partial charge in [-0.1, -0.05) is 24.3 Å². The van der Waals surface area contributed by atoms with Crippen molar-refractivity contribution in [2.75, 3.05) is 12.8 Å². The summed E-state index contributed by atoms with van der Waals surface area (Å²) in [6.45, 7) is 3.58. The van der Waals surface area contributed by atoms with Crippen molar-refractivity contribution < 1.29 is 17.9 Å². The molecule has 4 aromatic rings. The lowest BCUT2D eigenvalue weighted by atomic mass is 10.1. The number of nitriles is 1. The molecule has 0 aliphatic carbocycles. The van der Waals surface area contributed by atoms with Crippen molar-refractivity contribution in [1.29, 1.82) is 5.26 Å². The predicted molar refractivity (Wildman–Crippen MR) is 111 cm³/mol. The number of rotatable bonds is 3. The largest absolute Gasteiger partial charge is 0.496 e. The SMILES string of the molecule is COc1ccc(C)c(-n2c(N)c(C#N)c3c(C(F)(F)F)n(-c4ccccc4)nc32)c1C. The number of nitrogen functional groups attached to an aromatic ring is 1. The fourth-order valence-electron chi connectivity index (χ4n) is 3.89. The van der Waals surface area contributed by atoms with E-state index in [1.54, 1.807) is 44.2 Å². The first-order valence-electron chi connectivity index (χ1n) is 9.30. The third kappa shape index (κ3) is 2.99. The number of nitrogens with zero attached hydrogens (tertiary/aromatic N) is 4. The van der Waals surface area contributed by atoms with Gasteiger partial charge < -0.3 is 10.5 Å². The molecule has 0 aliphatic rings. The number of aryl methyl sites for hydroxylation is 1. The average Bonchev–Trinajstić information content (AvgIpc) is 3.23. The molecule has 9 heteroatoms. The van der Waals surface area contributed by atoms with Gasteiger partial charge in [-0.05, 0) is 37.6 Å². The zero-order valence-electron chi connectivity index (χ0n) is 16.9. The van der Waals surface area contributed by atoms with Crippen LogP contribution in [0.3, 0.4) is 0 Å². The van der Waals surface area contributed by atoms with Gasteiger partial charge in [0.05, 0.1) is 23.9 Å². The molecule has 31 heavy (non-hydrogen) atoms. The molecule has 6 nitrogen and oxygen atoms in total. The van der Waals surface area contributed by atoms with Gasteiger partial charge >= 0.3 is 6.18 Å². The minimum Gasteiger partial charge on any atom is -0.496 e. The number of benzene rings is 2. The molecule has 2 aromatic heterocycles. The normalized spacial score (nSPS) is 11.6. The molecule has 2 aromatic carbocycles. The molecular weight excluding hydrogens is 407 g/mol. The third-order valence-corrected chi connectivity index (χ3v) is 5.23. The molecule has 0 amide bonds. The van der Waals surface area contributed by atoms with Crippen LogP contribution in [0.4, 0.5) is 19.0 Å². The third-order valence-electron chi connectivity index (χ3n) is 5.23. The highest BCUT2D eigenvalue weighted by Gasteiger charge is 2.41. The number of aromatic nitrogens is 3.